The number of hydrazine groups is 1. The highest BCUT2D eigenvalue weighted by molar-refractivity contribution is 5.86. The van der Waals surface area contributed by atoms with Crippen LogP contribution in [-0.2, 0) is 24.2 Å². The summed E-state index contributed by atoms with van der Waals surface area (Å²) in [4.78, 5) is 12.3. The molecule has 0 bridgehead atoms. The molecule has 5 nitrogen and oxygen atoms in total. The Labute approximate surface area is 152 Å². The van der Waals surface area contributed by atoms with Crippen LogP contribution in [-0.4, -0.2) is 10.5 Å². The standard InChI is InChI=1S/C21H23N3O2/c1-15(20-11-6-14-26-20)22-23-21(25)12-13-24-18-9-4-2-7-16(18)17-8-3-5-10-19(17)24/h2,4,6-7,9,11,14,22H,1,3,5,8,10,12-13H2,(H,23,25). The van der Waals surface area contributed by atoms with Crippen molar-refractivity contribution in [1.82, 2.24) is 15.4 Å². The summed E-state index contributed by atoms with van der Waals surface area (Å²) >= 11 is 0. The third kappa shape index (κ3) is 3.12. The van der Waals surface area contributed by atoms with Gasteiger partial charge < -0.3 is 8.98 Å². The second-order valence-electron chi connectivity index (χ2n) is 6.68. The predicted molar refractivity (Wildman–Crippen MR) is 102 cm³/mol. The lowest BCUT2D eigenvalue weighted by molar-refractivity contribution is -0.121. The van der Waals surface area contributed by atoms with Gasteiger partial charge in [-0.05, 0) is 49.4 Å². The van der Waals surface area contributed by atoms with Gasteiger partial charge in [-0.25, -0.2) is 0 Å². The Morgan fingerprint density at radius 2 is 1.96 bits per heavy atom. The summed E-state index contributed by atoms with van der Waals surface area (Å²) in [6, 6.07) is 12.1. The highest BCUT2D eigenvalue weighted by Gasteiger charge is 2.19. The first-order chi connectivity index (χ1) is 12.7. The average Bonchev–Trinajstić information content (AvgIpc) is 3.31. The van der Waals surface area contributed by atoms with E-state index in [1.165, 1.54) is 35.0 Å². The van der Waals surface area contributed by atoms with Crippen LogP contribution in [0.1, 0.15) is 36.3 Å². The molecule has 134 valence electrons. The monoisotopic (exact) mass is 349 g/mol. The molecule has 0 saturated carbocycles. The van der Waals surface area contributed by atoms with Crippen molar-refractivity contribution < 1.29 is 9.21 Å². The molecule has 0 fully saturated rings. The van der Waals surface area contributed by atoms with E-state index in [2.05, 4.69) is 46.3 Å². The Morgan fingerprint density at radius 3 is 2.81 bits per heavy atom. The zero-order chi connectivity index (χ0) is 17.9. The summed E-state index contributed by atoms with van der Waals surface area (Å²) in [5.41, 5.74) is 10.2. The summed E-state index contributed by atoms with van der Waals surface area (Å²) in [5, 5.41) is 1.34. The fraction of sp³-hybridized carbons (Fsp3) is 0.286. The number of para-hydroxylation sites is 1. The number of benzene rings is 1. The number of aromatic nitrogens is 1. The number of hydrogen-bond acceptors (Lipinski definition) is 3. The first kappa shape index (κ1) is 16.5. The summed E-state index contributed by atoms with van der Waals surface area (Å²) in [5.74, 6) is 0.538. The van der Waals surface area contributed by atoms with Crippen molar-refractivity contribution >= 4 is 22.5 Å². The first-order valence-corrected chi connectivity index (χ1v) is 9.10. The van der Waals surface area contributed by atoms with Gasteiger partial charge in [0, 0.05) is 29.6 Å². The van der Waals surface area contributed by atoms with Crippen molar-refractivity contribution in [3.05, 3.63) is 66.3 Å². The third-order valence-corrected chi connectivity index (χ3v) is 5.02. The lowest BCUT2D eigenvalue weighted by Crippen LogP contribution is -2.36. The number of carbonyl (C=O) groups excluding carboxylic acids is 1. The molecule has 0 aliphatic heterocycles. The van der Waals surface area contributed by atoms with Gasteiger partial charge in [-0.15, -0.1) is 0 Å². The van der Waals surface area contributed by atoms with Gasteiger partial charge in [-0.2, -0.15) is 0 Å². The zero-order valence-electron chi connectivity index (χ0n) is 14.8. The van der Waals surface area contributed by atoms with Crippen molar-refractivity contribution in [2.45, 2.75) is 38.6 Å². The van der Waals surface area contributed by atoms with Crippen LogP contribution in [0.2, 0.25) is 0 Å². The van der Waals surface area contributed by atoms with E-state index in [9.17, 15) is 4.79 Å². The minimum absolute atomic E-state index is 0.0694. The van der Waals surface area contributed by atoms with E-state index in [1.807, 2.05) is 0 Å². The maximum absolute atomic E-state index is 12.3. The highest BCUT2D eigenvalue weighted by atomic mass is 16.3. The van der Waals surface area contributed by atoms with Crippen LogP contribution in [0.4, 0.5) is 0 Å². The van der Waals surface area contributed by atoms with Gasteiger partial charge in [-0.1, -0.05) is 24.8 Å². The van der Waals surface area contributed by atoms with Crippen molar-refractivity contribution in [3.63, 3.8) is 0 Å². The van der Waals surface area contributed by atoms with Crippen LogP contribution in [0.5, 0.6) is 0 Å². The van der Waals surface area contributed by atoms with Crippen LogP contribution in [0.3, 0.4) is 0 Å². The number of nitrogens with one attached hydrogen (secondary N) is 2. The van der Waals surface area contributed by atoms with Gasteiger partial charge in [0.15, 0.2) is 5.76 Å². The molecule has 0 atom stereocenters. The van der Waals surface area contributed by atoms with E-state index in [-0.39, 0.29) is 5.91 Å². The molecule has 2 heterocycles. The molecule has 26 heavy (non-hydrogen) atoms. The van der Waals surface area contributed by atoms with Crippen molar-refractivity contribution in [2.75, 3.05) is 0 Å². The second-order valence-corrected chi connectivity index (χ2v) is 6.68. The van der Waals surface area contributed by atoms with Crippen LogP contribution in [0.25, 0.3) is 16.6 Å². The molecular formula is C21H23N3O2. The molecule has 4 rings (SSSR count). The van der Waals surface area contributed by atoms with Crippen molar-refractivity contribution in [3.8, 4) is 0 Å². The highest BCUT2D eigenvalue weighted by Crippen LogP contribution is 2.32. The van der Waals surface area contributed by atoms with E-state index in [4.69, 9.17) is 4.42 Å². The molecule has 0 spiro atoms. The van der Waals surface area contributed by atoms with Crippen LogP contribution >= 0.6 is 0 Å². The fourth-order valence-electron chi connectivity index (χ4n) is 3.78. The number of furan rings is 1. The number of rotatable bonds is 6. The van der Waals surface area contributed by atoms with E-state index in [0.29, 0.717) is 24.4 Å². The van der Waals surface area contributed by atoms with Crippen LogP contribution in [0, 0.1) is 0 Å². The zero-order valence-corrected chi connectivity index (χ0v) is 14.8. The summed E-state index contributed by atoms with van der Waals surface area (Å²) < 4.78 is 7.56. The van der Waals surface area contributed by atoms with Gasteiger partial charge in [0.05, 0.1) is 12.0 Å². The van der Waals surface area contributed by atoms with Gasteiger partial charge >= 0.3 is 0 Å². The lowest BCUT2D eigenvalue weighted by Gasteiger charge is -2.16. The number of hydrogen-bond donors (Lipinski definition) is 2. The predicted octanol–water partition coefficient (Wildman–Crippen LogP) is 3.79. The lowest BCUT2D eigenvalue weighted by atomic mass is 9.95. The van der Waals surface area contributed by atoms with Gasteiger partial charge in [0.25, 0.3) is 0 Å². The largest absolute Gasteiger partial charge is 0.463 e. The Morgan fingerprint density at radius 1 is 1.12 bits per heavy atom. The smallest absolute Gasteiger partial charge is 0.240 e. The number of amides is 1. The molecular weight excluding hydrogens is 326 g/mol. The number of carbonyl (C=O) groups is 1. The van der Waals surface area contributed by atoms with E-state index in [0.717, 1.165) is 12.8 Å². The van der Waals surface area contributed by atoms with Gasteiger partial charge in [-0.3, -0.25) is 15.6 Å². The SMILES string of the molecule is C=C(NNC(=O)CCn1c2c(c3ccccc31)CCCC2)c1ccco1. The molecule has 0 saturated heterocycles. The number of aryl methyl sites for hydroxylation is 2. The fourth-order valence-corrected chi connectivity index (χ4v) is 3.78. The first-order valence-electron chi connectivity index (χ1n) is 9.10. The number of nitrogens with zero attached hydrogens (tertiary/aromatic N) is 1. The molecule has 2 aromatic heterocycles. The molecule has 1 aliphatic carbocycles. The van der Waals surface area contributed by atoms with E-state index < -0.39 is 0 Å². The molecule has 1 amide bonds. The third-order valence-electron chi connectivity index (χ3n) is 5.02. The molecule has 0 unspecified atom stereocenters. The topological polar surface area (TPSA) is 59.2 Å². The molecule has 2 N–H and O–H groups in total. The van der Waals surface area contributed by atoms with Crippen LogP contribution < -0.4 is 10.9 Å². The molecule has 1 aliphatic rings. The number of fused-ring (bicyclic) bond motifs is 3. The molecule has 1 aromatic carbocycles. The summed E-state index contributed by atoms with van der Waals surface area (Å²) in [6.45, 7) is 4.53. The minimum Gasteiger partial charge on any atom is -0.463 e. The van der Waals surface area contributed by atoms with Crippen LogP contribution in [0.15, 0.2) is 53.7 Å². The Kier molecular flexibility index (Phi) is 4.52. The van der Waals surface area contributed by atoms with Gasteiger partial charge in [0.2, 0.25) is 5.91 Å². The van der Waals surface area contributed by atoms with Crippen molar-refractivity contribution in [1.29, 1.82) is 0 Å². The van der Waals surface area contributed by atoms with Crippen molar-refractivity contribution in [2.24, 2.45) is 0 Å². The molecule has 0 radical (unpaired) electrons. The normalized spacial score (nSPS) is 13.4. The summed E-state index contributed by atoms with van der Waals surface area (Å²) in [7, 11) is 0. The second kappa shape index (κ2) is 7.12. The van der Waals surface area contributed by atoms with E-state index >= 15 is 0 Å². The minimum atomic E-state index is -0.0694. The Hall–Kier alpha value is -2.95. The van der Waals surface area contributed by atoms with E-state index in [1.54, 1.807) is 18.4 Å². The summed E-state index contributed by atoms with van der Waals surface area (Å²) in [6.07, 6.45) is 6.69. The Bertz CT molecular complexity index is 938. The molecule has 3 aromatic rings. The quantitative estimate of drug-likeness (QED) is 0.666. The molecule has 5 heteroatoms. The maximum atomic E-state index is 12.3. The maximum Gasteiger partial charge on any atom is 0.240 e. The van der Waals surface area contributed by atoms with Gasteiger partial charge in [0.1, 0.15) is 0 Å². The Balaban J connectivity index is 1.43. The average molecular weight is 349 g/mol.